The van der Waals surface area contributed by atoms with Gasteiger partial charge in [-0.15, -0.1) is 0 Å². The van der Waals surface area contributed by atoms with Crippen molar-refractivity contribution >= 4 is 6.03 Å². The molecule has 2 aliphatic heterocycles. The lowest BCUT2D eigenvalue weighted by Gasteiger charge is -2.43. The molecule has 2 N–H and O–H groups in total. The lowest BCUT2D eigenvalue weighted by atomic mass is 9.99. The lowest BCUT2D eigenvalue weighted by Crippen LogP contribution is -2.63. The molecule has 0 saturated carbocycles. The molecule has 0 aliphatic carbocycles. The van der Waals surface area contributed by atoms with E-state index in [0.29, 0.717) is 12.0 Å². The maximum Gasteiger partial charge on any atom is 0.318 e. The number of hydrogen-bond acceptors (Lipinski definition) is 2. The summed E-state index contributed by atoms with van der Waals surface area (Å²) in [6.45, 7) is 9.08. The maximum absolute atomic E-state index is 12.2. The minimum absolute atomic E-state index is 0.0317. The van der Waals surface area contributed by atoms with Crippen molar-refractivity contribution in [3.63, 3.8) is 0 Å². The molecule has 2 fully saturated rings. The summed E-state index contributed by atoms with van der Waals surface area (Å²) in [5.41, 5.74) is 0.0317. The Morgan fingerprint density at radius 2 is 2.38 bits per heavy atom. The predicted molar refractivity (Wildman–Crippen MR) is 64.4 cm³/mol. The molecular weight excluding hydrogens is 202 g/mol. The van der Waals surface area contributed by atoms with E-state index in [1.165, 1.54) is 0 Å². The Morgan fingerprint density at radius 1 is 1.62 bits per heavy atom. The summed E-state index contributed by atoms with van der Waals surface area (Å²) >= 11 is 0. The van der Waals surface area contributed by atoms with Gasteiger partial charge in [-0.25, -0.2) is 4.79 Å². The third-order valence-electron chi connectivity index (χ3n) is 3.73. The van der Waals surface area contributed by atoms with Crippen molar-refractivity contribution in [3.8, 4) is 0 Å². The minimum Gasteiger partial charge on any atom is -0.338 e. The number of nitrogens with one attached hydrogen (secondary N) is 2. The van der Waals surface area contributed by atoms with Crippen LogP contribution in [0.2, 0.25) is 0 Å². The van der Waals surface area contributed by atoms with Crippen LogP contribution in [0.3, 0.4) is 0 Å². The third-order valence-corrected chi connectivity index (χ3v) is 3.73. The fourth-order valence-electron chi connectivity index (χ4n) is 2.83. The highest BCUT2D eigenvalue weighted by Crippen LogP contribution is 2.35. The Hall–Kier alpha value is -0.770. The first-order chi connectivity index (χ1) is 7.53. The number of piperazine rings is 1. The highest BCUT2D eigenvalue weighted by atomic mass is 16.2. The molecule has 2 aliphatic rings. The standard InChI is InChI=1S/C12H23N3O/c1-9(2)6-14-11(16)15-10-4-5-12(15,3)8-13-7-10/h9-10,13H,4-8H2,1-3H3,(H,14,16). The molecule has 4 nitrogen and oxygen atoms in total. The molecule has 2 atom stereocenters. The Labute approximate surface area is 97.8 Å². The number of amides is 2. The lowest BCUT2D eigenvalue weighted by molar-refractivity contribution is 0.106. The summed E-state index contributed by atoms with van der Waals surface area (Å²) < 4.78 is 0. The van der Waals surface area contributed by atoms with Crippen molar-refractivity contribution in [2.45, 2.75) is 45.2 Å². The largest absolute Gasteiger partial charge is 0.338 e. The molecule has 92 valence electrons. The Bertz CT molecular complexity index is 275. The van der Waals surface area contributed by atoms with Gasteiger partial charge in [-0.05, 0) is 25.7 Å². The van der Waals surface area contributed by atoms with Gasteiger partial charge in [0.1, 0.15) is 0 Å². The van der Waals surface area contributed by atoms with Gasteiger partial charge in [-0.2, -0.15) is 0 Å². The van der Waals surface area contributed by atoms with Crippen LogP contribution in [0.15, 0.2) is 0 Å². The van der Waals surface area contributed by atoms with Crippen molar-refractivity contribution in [1.82, 2.24) is 15.5 Å². The summed E-state index contributed by atoms with van der Waals surface area (Å²) in [6, 6.07) is 0.520. The Morgan fingerprint density at radius 3 is 3.00 bits per heavy atom. The van der Waals surface area contributed by atoms with Crippen molar-refractivity contribution in [2.75, 3.05) is 19.6 Å². The maximum atomic E-state index is 12.2. The average molecular weight is 225 g/mol. The molecule has 16 heavy (non-hydrogen) atoms. The molecule has 2 amide bonds. The summed E-state index contributed by atoms with van der Waals surface area (Å²) in [5.74, 6) is 0.511. The van der Waals surface area contributed by atoms with Crippen LogP contribution in [0.5, 0.6) is 0 Å². The van der Waals surface area contributed by atoms with Crippen molar-refractivity contribution in [2.24, 2.45) is 5.92 Å². The first kappa shape index (κ1) is 11.7. The summed E-state index contributed by atoms with van der Waals surface area (Å²) in [6.07, 6.45) is 2.26. The third kappa shape index (κ3) is 2.03. The van der Waals surface area contributed by atoms with Crippen molar-refractivity contribution < 1.29 is 4.79 Å². The molecule has 2 rings (SSSR count). The van der Waals surface area contributed by atoms with Crippen molar-refractivity contribution in [1.29, 1.82) is 0 Å². The first-order valence-corrected chi connectivity index (χ1v) is 6.31. The molecule has 0 spiro atoms. The van der Waals surface area contributed by atoms with E-state index in [1.807, 2.05) is 0 Å². The van der Waals surface area contributed by atoms with Gasteiger partial charge in [0, 0.05) is 25.7 Å². The fourth-order valence-corrected chi connectivity index (χ4v) is 2.83. The molecule has 0 aromatic carbocycles. The van der Waals surface area contributed by atoms with Gasteiger partial charge in [0.25, 0.3) is 0 Å². The van der Waals surface area contributed by atoms with Crippen molar-refractivity contribution in [3.05, 3.63) is 0 Å². The summed E-state index contributed by atoms with van der Waals surface area (Å²) in [5, 5.41) is 6.45. The number of hydrogen-bond donors (Lipinski definition) is 2. The molecule has 2 heterocycles. The smallest absolute Gasteiger partial charge is 0.318 e. The van der Waals surface area contributed by atoms with Gasteiger partial charge < -0.3 is 15.5 Å². The molecule has 0 radical (unpaired) electrons. The SMILES string of the molecule is CC(C)CNC(=O)N1C2CCC1(C)CNC2. The zero-order chi connectivity index (χ0) is 11.8. The normalized spacial score (nSPS) is 33.2. The molecule has 2 saturated heterocycles. The number of nitrogens with zero attached hydrogens (tertiary/aromatic N) is 1. The molecule has 0 aromatic heterocycles. The van der Waals surface area contributed by atoms with Gasteiger partial charge >= 0.3 is 6.03 Å². The highest BCUT2D eigenvalue weighted by molar-refractivity contribution is 5.76. The van der Waals surface area contributed by atoms with Crippen LogP contribution < -0.4 is 10.6 Å². The molecular formula is C12H23N3O. The monoisotopic (exact) mass is 225 g/mol. The summed E-state index contributed by atoms with van der Waals surface area (Å²) in [4.78, 5) is 14.2. The zero-order valence-corrected chi connectivity index (χ0v) is 10.5. The number of carbonyl (C=O) groups excluding carboxylic acids is 1. The second kappa shape index (κ2) is 4.24. The first-order valence-electron chi connectivity index (χ1n) is 6.31. The Kier molecular flexibility index (Phi) is 3.10. The molecule has 2 bridgehead atoms. The number of rotatable bonds is 2. The van der Waals surface area contributed by atoms with Crippen LogP contribution in [0, 0.1) is 5.92 Å². The van der Waals surface area contributed by atoms with E-state index in [-0.39, 0.29) is 11.6 Å². The van der Waals surface area contributed by atoms with Crippen LogP contribution in [0.25, 0.3) is 0 Å². The Balaban J connectivity index is 2.00. The second-order valence-electron chi connectivity index (χ2n) is 5.77. The minimum atomic E-state index is 0.0317. The van der Waals surface area contributed by atoms with Crippen LogP contribution >= 0.6 is 0 Å². The van der Waals surface area contributed by atoms with Crippen LogP contribution in [-0.2, 0) is 0 Å². The van der Waals surface area contributed by atoms with Gasteiger partial charge in [0.2, 0.25) is 0 Å². The van der Waals surface area contributed by atoms with E-state index in [2.05, 4.69) is 36.3 Å². The number of urea groups is 1. The predicted octanol–water partition coefficient (Wildman–Crippen LogP) is 1.18. The fraction of sp³-hybridized carbons (Fsp3) is 0.917. The van der Waals surface area contributed by atoms with Gasteiger partial charge in [-0.1, -0.05) is 13.8 Å². The quantitative estimate of drug-likeness (QED) is 0.741. The second-order valence-corrected chi connectivity index (χ2v) is 5.77. The van der Waals surface area contributed by atoms with Gasteiger partial charge in [-0.3, -0.25) is 0 Å². The van der Waals surface area contributed by atoms with E-state index in [9.17, 15) is 4.79 Å². The van der Waals surface area contributed by atoms with Crippen LogP contribution in [-0.4, -0.2) is 42.1 Å². The molecule has 4 heteroatoms. The number of carbonyl (C=O) groups is 1. The van der Waals surface area contributed by atoms with Crippen LogP contribution in [0.1, 0.15) is 33.6 Å². The topological polar surface area (TPSA) is 44.4 Å². The molecule has 0 aromatic rings. The van der Waals surface area contributed by atoms with E-state index >= 15 is 0 Å². The van der Waals surface area contributed by atoms with E-state index < -0.39 is 0 Å². The van der Waals surface area contributed by atoms with Gasteiger partial charge in [0.15, 0.2) is 0 Å². The van der Waals surface area contributed by atoms with E-state index in [1.54, 1.807) is 0 Å². The van der Waals surface area contributed by atoms with E-state index in [0.717, 1.165) is 32.5 Å². The van der Waals surface area contributed by atoms with Gasteiger partial charge in [0.05, 0.1) is 5.54 Å². The number of fused-ring (bicyclic) bond motifs is 2. The average Bonchev–Trinajstić information content (AvgIpc) is 2.41. The molecule has 2 unspecified atom stereocenters. The summed E-state index contributed by atoms with van der Waals surface area (Å²) in [7, 11) is 0. The van der Waals surface area contributed by atoms with E-state index in [4.69, 9.17) is 0 Å². The zero-order valence-electron chi connectivity index (χ0n) is 10.5. The highest BCUT2D eigenvalue weighted by Gasteiger charge is 2.47. The van der Waals surface area contributed by atoms with Crippen LogP contribution in [0.4, 0.5) is 4.79 Å².